The predicted octanol–water partition coefficient (Wildman–Crippen LogP) is 3.83. The minimum Gasteiger partial charge on any atom is -0.507 e. The number of hydrogen-bond acceptors (Lipinski definition) is 2. The maximum atomic E-state index is 10.6. The molecule has 0 atom stereocenters. The predicted molar refractivity (Wildman–Crippen MR) is 79.1 cm³/mol. The van der Waals surface area contributed by atoms with Crippen LogP contribution in [0.4, 0.5) is 0 Å². The van der Waals surface area contributed by atoms with E-state index < -0.39 is 0 Å². The second-order valence-corrected chi connectivity index (χ2v) is 7.35. The Labute approximate surface area is 118 Å². The average Bonchev–Trinajstić information content (AvgIpc) is 2.20. The van der Waals surface area contributed by atoms with Crippen molar-refractivity contribution in [2.45, 2.75) is 50.9 Å². The molecular weight excluding hydrogens is 290 g/mol. The fourth-order valence-electron chi connectivity index (χ4n) is 2.76. The third-order valence-electron chi connectivity index (χ3n) is 4.16. The van der Waals surface area contributed by atoms with Crippen LogP contribution in [0.25, 0.3) is 0 Å². The van der Waals surface area contributed by atoms with Gasteiger partial charge in [0.05, 0.1) is 0 Å². The summed E-state index contributed by atoms with van der Waals surface area (Å²) in [6.07, 6.45) is 3.36. The number of phenols is 1. The number of aromatic hydroxyl groups is 1. The van der Waals surface area contributed by atoms with E-state index in [0.29, 0.717) is 12.3 Å². The van der Waals surface area contributed by atoms with Gasteiger partial charge in [0, 0.05) is 27.6 Å². The molecule has 0 bridgehead atoms. The SMILES string of the molecule is CC(C)(C)c1cc(Br)cc(C2(CN)CCC2)c1O. The molecule has 1 aliphatic rings. The third kappa shape index (κ3) is 2.19. The molecule has 0 heterocycles. The number of benzene rings is 1. The maximum absolute atomic E-state index is 10.6. The lowest BCUT2D eigenvalue weighted by Crippen LogP contribution is -2.41. The summed E-state index contributed by atoms with van der Waals surface area (Å²) in [6.45, 7) is 6.97. The van der Waals surface area contributed by atoms with Crippen LogP contribution in [0.3, 0.4) is 0 Å². The van der Waals surface area contributed by atoms with E-state index in [2.05, 4.69) is 36.7 Å². The first-order chi connectivity index (χ1) is 8.30. The lowest BCUT2D eigenvalue weighted by Gasteiger charge is -2.42. The summed E-state index contributed by atoms with van der Waals surface area (Å²) in [5, 5.41) is 10.6. The molecule has 1 aromatic carbocycles. The van der Waals surface area contributed by atoms with Crippen LogP contribution in [-0.4, -0.2) is 11.7 Å². The first-order valence-electron chi connectivity index (χ1n) is 6.54. The van der Waals surface area contributed by atoms with Gasteiger partial charge in [0.2, 0.25) is 0 Å². The van der Waals surface area contributed by atoms with Gasteiger partial charge in [-0.3, -0.25) is 0 Å². The molecule has 1 aliphatic carbocycles. The molecule has 2 rings (SSSR count). The van der Waals surface area contributed by atoms with Crippen LogP contribution in [0.1, 0.15) is 51.2 Å². The standard InChI is InChI=1S/C15H22BrNO/c1-14(2,3)11-7-10(16)8-12(13(11)18)15(9-17)5-4-6-15/h7-8,18H,4-6,9,17H2,1-3H3. The third-order valence-corrected chi connectivity index (χ3v) is 4.61. The van der Waals surface area contributed by atoms with Crippen molar-refractivity contribution < 1.29 is 5.11 Å². The van der Waals surface area contributed by atoms with E-state index in [1.807, 2.05) is 12.1 Å². The Bertz CT molecular complexity index is 453. The van der Waals surface area contributed by atoms with E-state index in [9.17, 15) is 5.11 Å². The van der Waals surface area contributed by atoms with Crippen molar-refractivity contribution >= 4 is 15.9 Å². The Kier molecular flexibility index (Phi) is 3.50. The zero-order valence-electron chi connectivity index (χ0n) is 11.4. The van der Waals surface area contributed by atoms with Crippen LogP contribution >= 0.6 is 15.9 Å². The highest BCUT2D eigenvalue weighted by molar-refractivity contribution is 9.10. The molecule has 0 saturated heterocycles. The summed E-state index contributed by atoms with van der Waals surface area (Å²) in [5.74, 6) is 0.441. The Hall–Kier alpha value is -0.540. The van der Waals surface area contributed by atoms with Gasteiger partial charge in [-0.1, -0.05) is 43.1 Å². The summed E-state index contributed by atoms with van der Waals surface area (Å²) in [4.78, 5) is 0. The van der Waals surface area contributed by atoms with Crippen molar-refractivity contribution in [2.75, 3.05) is 6.54 Å². The fourth-order valence-corrected chi connectivity index (χ4v) is 3.22. The highest BCUT2D eigenvalue weighted by Crippen LogP contribution is 2.49. The maximum Gasteiger partial charge on any atom is 0.123 e. The number of nitrogens with two attached hydrogens (primary N) is 1. The number of rotatable bonds is 2. The van der Waals surface area contributed by atoms with Gasteiger partial charge in [-0.05, 0) is 30.4 Å². The first-order valence-corrected chi connectivity index (χ1v) is 7.33. The Morgan fingerprint density at radius 2 is 1.94 bits per heavy atom. The Balaban J connectivity index is 2.58. The Morgan fingerprint density at radius 3 is 2.33 bits per heavy atom. The van der Waals surface area contributed by atoms with E-state index in [0.717, 1.165) is 28.4 Å². The topological polar surface area (TPSA) is 46.2 Å². The molecule has 2 nitrogen and oxygen atoms in total. The molecule has 0 radical (unpaired) electrons. The van der Waals surface area contributed by atoms with Crippen molar-refractivity contribution in [2.24, 2.45) is 5.73 Å². The largest absolute Gasteiger partial charge is 0.507 e. The zero-order valence-corrected chi connectivity index (χ0v) is 13.0. The van der Waals surface area contributed by atoms with Gasteiger partial charge >= 0.3 is 0 Å². The highest BCUT2D eigenvalue weighted by Gasteiger charge is 2.40. The molecule has 3 N–H and O–H groups in total. The zero-order chi connectivity index (χ0) is 13.6. The summed E-state index contributed by atoms with van der Waals surface area (Å²) in [7, 11) is 0. The molecule has 1 saturated carbocycles. The lowest BCUT2D eigenvalue weighted by atomic mass is 9.63. The van der Waals surface area contributed by atoms with Gasteiger partial charge in [-0.2, -0.15) is 0 Å². The fraction of sp³-hybridized carbons (Fsp3) is 0.600. The Morgan fingerprint density at radius 1 is 1.33 bits per heavy atom. The molecule has 0 spiro atoms. The monoisotopic (exact) mass is 311 g/mol. The van der Waals surface area contributed by atoms with E-state index >= 15 is 0 Å². The lowest BCUT2D eigenvalue weighted by molar-refractivity contribution is 0.243. The van der Waals surface area contributed by atoms with Crippen molar-refractivity contribution in [1.82, 2.24) is 0 Å². The molecule has 0 unspecified atom stereocenters. The molecular formula is C15H22BrNO. The molecule has 1 aromatic rings. The van der Waals surface area contributed by atoms with Crippen molar-refractivity contribution in [3.05, 3.63) is 27.7 Å². The van der Waals surface area contributed by atoms with Gasteiger partial charge < -0.3 is 10.8 Å². The molecule has 18 heavy (non-hydrogen) atoms. The average molecular weight is 312 g/mol. The van der Waals surface area contributed by atoms with Gasteiger partial charge in [0.1, 0.15) is 5.75 Å². The van der Waals surface area contributed by atoms with Crippen LogP contribution in [0.5, 0.6) is 5.75 Å². The van der Waals surface area contributed by atoms with E-state index in [-0.39, 0.29) is 10.8 Å². The smallest absolute Gasteiger partial charge is 0.123 e. The van der Waals surface area contributed by atoms with Crippen molar-refractivity contribution in [3.63, 3.8) is 0 Å². The molecule has 0 aliphatic heterocycles. The van der Waals surface area contributed by atoms with E-state index in [1.165, 1.54) is 6.42 Å². The van der Waals surface area contributed by atoms with Crippen LogP contribution < -0.4 is 5.73 Å². The number of phenolic OH excluding ortho intramolecular Hbond substituents is 1. The minimum atomic E-state index is -0.0673. The van der Waals surface area contributed by atoms with Crippen LogP contribution in [0.15, 0.2) is 16.6 Å². The number of hydrogen-bond donors (Lipinski definition) is 2. The van der Waals surface area contributed by atoms with Crippen molar-refractivity contribution in [3.8, 4) is 5.75 Å². The van der Waals surface area contributed by atoms with Gasteiger partial charge in [-0.15, -0.1) is 0 Å². The summed E-state index contributed by atoms with van der Waals surface area (Å²) >= 11 is 3.56. The first kappa shape index (κ1) is 13.9. The normalized spacial score (nSPS) is 18.5. The van der Waals surface area contributed by atoms with Gasteiger partial charge in [0.15, 0.2) is 0 Å². The van der Waals surface area contributed by atoms with Crippen molar-refractivity contribution in [1.29, 1.82) is 0 Å². The van der Waals surface area contributed by atoms with E-state index in [4.69, 9.17) is 5.73 Å². The number of halogens is 1. The molecule has 1 fully saturated rings. The second kappa shape index (κ2) is 4.53. The second-order valence-electron chi connectivity index (χ2n) is 6.44. The molecule has 0 aromatic heterocycles. The summed E-state index contributed by atoms with van der Waals surface area (Å²) in [6, 6.07) is 4.05. The highest BCUT2D eigenvalue weighted by atomic mass is 79.9. The summed E-state index contributed by atoms with van der Waals surface area (Å²) < 4.78 is 1.03. The van der Waals surface area contributed by atoms with Crippen LogP contribution in [-0.2, 0) is 10.8 Å². The van der Waals surface area contributed by atoms with Gasteiger partial charge in [0.25, 0.3) is 0 Å². The van der Waals surface area contributed by atoms with Crippen LogP contribution in [0.2, 0.25) is 0 Å². The quantitative estimate of drug-likeness (QED) is 0.872. The molecule has 0 amide bonds. The van der Waals surface area contributed by atoms with Crippen LogP contribution in [0, 0.1) is 0 Å². The van der Waals surface area contributed by atoms with Gasteiger partial charge in [-0.25, -0.2) is 0 Å². The molecule has 100 valence electrons. The minimum absolute atomic E-state index is 0.00609. The van der Waals surface area contributed by atoms with E-state index in [1.54, 1.807) is 0 Å². The molecule has 3 heteroatoms. The summed E-state index contributed by atoms with van der Waals surface area (Å²) in [5.41, 5.74) is 7.89.